The van der Waals surface area contributed by atoms with Crippen LogP contribution in [-0.4, -0.2) is 11.0 Å². The van der Waals surface area contributed by atoms with Gasteiger partial charge in [0.15, 0.2) is 0 Å². The minimum Gasteiger partial charge on any atom is -0.310 e. The highest BCUT2D eigenvalue weighted by Gasteiger charge is 2.24. The molecule has 1 aliphatic carbocycles. The van der Waals surface area contributed by atoms with Crippen LogP contribution < -0.4 is 5.32 Å². The van der Waals surface area contributed by atoms with Crippen molar-refractivity contribution in [2.75, 3.05) is 0 Å². The molecule has 2 rings (SSSR count). The molecule has 20 heavy (non-hydrogen) atoms. The third kappa shape index (κ3) is 3.79. The van der Waals surface area contributed by atoms with E-state index in [-0.39, 0.29) is 10.6 Å². The third-order valence-electron chi connectivity index (χ3n) is 4.01. The van der Waals surface area contributed by atoms with E-state index < -0.39 is 0 Å². The summed E-state index contributed by atoms with van der Waals surface area (Å²) in [6.07, 6.45) is 3.69. The van der Waals surface area contributed by atoms with Crippen LogP contribution in [0.3, 0.4) is 0 Å². The average Bonchev–Trinajstić information content (AvgIpc) is 2.36. The molecule has 1 aromatic carbocycles. The lowest BCUT2D eigenvalue weighted by Crippen LogP contribution is -2.36. The highest BCUT2D eigenvalue weighted by molar-refractivity contribution is 9.10. The molecule has 1 fully saturated rings. The van der Waals surface area contributed by atoms with Gasteiger partial charge in [-0.3, -0.25) is 10.1 Å². The molecule has 0 bridgehead atoms. The van der Waals surface area contributed by atoms with Crippen molar-refractivity contribution < 1.29 is 4.92 Å². The van der Waals surface area contributed by atoms with E-state index in [1.54, 1.807) is 6.07 Å². The summed E-state index contributed by atoms with van der Waals surface area (Å²) in [6.45, 7) is 5.27. The molecule has 2 unspecified atom stereocenters. The molecule has 0 heterocycles. The van der Waals surface area contributed by atoms with E-state index in [1.807, 2.05) is 6.07 Å². The fraction of sp³-hybridized carbons (Fsp3) is 0.600. The molecule has 2 atom stereocenters. The molecule has 1 saturated carbocycles. The SMILES string of the molecule is CC1CC(C)CC(NCc2cccc([N+](=O)[O-])c2Br)C1. The van der Waals surface area contributed by atoms with Gasteiger partial charge in [0.2, 0.25) is 0 Å². The molecule has 0 aromatic heterocycles. The Labute approximate surface area is 128 Å². The third-order valence-corrected chi connectivity index (χ3v) is 4.93. The molecule has 1 aliphatic rings. The summed E-state index contributed by atoms with van der Waals surface area (Å²) in [5, 5.41) is 14.5. The van der Waals surface area contributed by atoms with Crippen molar-refractivity contribution in [3.63, 3.8) is 0 Å². The van der Waals surface area contributed by atoms with Gasteiger partial charge in [-0.2, -0.15) is 0 Å². The first kappa shape index (κ1) is 15.4. The number of nitro benzene ring substituents is 1. The Morgan fingerprint density at radius 2 is 1.95 bits per heavy atom. The summed E-state index contributed by atoms with van der Waals surface area (Å²) in [4.78, 5) is 10.6. The first-order valence-corrected chi connectivity index (χ1v) is 7.91. The van der Waals surface area contributed by atoms with Gasteiger partial charge in [0.1, 0.15) is 0 Å². The van der Waals surface area contributed by atoms with Crippen molar-refractivity contribution >= 4 is 21.6 Å². The Morgan fingerprint density at radius 3 is 2.55 bits per heavy atom. The number of hydrogen-bond acceptors (Lipinski definition) is 3. The largest absolute Gasteiger partial charge is 0.310 e. The topological polar surface area (TPSA) is 55.2 Å². The summed E-state index contributed by atoms with van der Waals surface area (Å²) in [7, 11) is 0. The van der Waals surface area contributed by atoms with E-state index in [4.69, 9.17) is 0 Å². The standard InChI is InChI=1S/C15H21BrN2O2/c1-10-6-11(2)8-13(7-10)17-9-12-4-3-5-14(15(12)16)18(19)20/h3-5,10-11,13,17H,6-9H2,1-2H3. The maximum atomic E-state index is 10.9. The lowest BCUT2D eigenvalue weighted by atomic mass is 9.80. The number of benzene rings is 1. The number of rotatable bonds is 4. The van der Waals surface area contributed by atoms with Crippen LogP contribution in [-0.2, 0) is 6.54 Å². The van der Waals surface area contributed by atoms with Gasteiger partial charge in [0.05, 0.1) is 9.40 Å². The van der Waals surface area contributed by atoms with E-state index in [9.17, 15) is 10.1 Å². The zero-order chi connectivity index (χ0) is 14.7. The average molecular weight is 341 g/mol. The van der Waals surface area contributed by atoms with Gasteiger partial charge in [-0.1, -0.05) is 26.0 Å². The number of nitrogens with zero attached hydrogens (tertiary/aromatic N) is 1. The highest BCUT2D eigenvalue weighted by Crippen LogP contribution is 2.30. The van der Waals surface area contributed by atoms with E-state index in [0.29, 0.717) is 17.1 Å². The fourth-order valence-corrected chi connectivity index (χ4v) is 3.76. The van der Waals surface area contributed by atoms with Crippen LogP contribution in [0.4, 0.5) is 5.69 Å². The van der Waals surface area contributed by atoms with Crippen LogP contribution in [0, 0.1) is 22.0 Å². The highest BCUT2D eigenvalue weighted by atomic mass is 79.9. The zero-order valence-corrected chi connectivity index (χ0v) is 13.5. The first-order chi connectivity index (χ1) is 9.47. The van der Waals surface area contributed by atoms with Gasteiger partial charge in [0.25, 0.3) is 5.69 Å². The van der Waals surface area contributed by atoms with Gasteiger partial charge in [-0.25, -0.2) is 0 Å². The summed E-state index contributed by atoms with van der Waals surface area (Å²) < 4.78 is 0.592. The summed E-state index contributed by atoms with van der Waals surface area (Å²) in [6, 6.07) is 5.71. The predicted octanol–water partition coefficient (Wildman–Crippen LogP) is 4.27. The molecule has 0 spiro atoms. The monoisotopic (exact) mass is 340 g/mol. The van der Waals surface area contributed by atoms with Crippen molar-refractivity contribution in [2.45, 2.75) is 45.7 Å². The van der Waals surface area contributed by atoms with Crippen LogP contribution >= 0.6 is 15.9 Å². The lowest BCUT2D eigenvalue weighted by Gasteiger charge is -2.32. The van der Waals surface area contributed by atoms with E-state index >= 15 is 0 Å². The minimum absolute atomic E-state index is 0.134. The Bertz CT molecular complexity index is 483. The predicted molar refractivity (Wildman–Crippen MR) is 83.6 cm³/mol. The van der Waals surface area contributed by atoms with E-state index in [1.165, 1.54) is 25.3 Å². The molecule has 110 valence electrons. The Morgan fingerprint density at radius 1 is 1.30 bits per heavy atom. The van der Waals surface area contributed by atoms with Crippen LogP contribution in [0.25, 0.3) is 0 Å². The molecular weight excluding hydrogens is 320 g/mol. The number of nitro groups is 1. The van der Waals surface area contributed by atoms with Gasteiger partial charge in [-0.15, -0.1) is 0 Å². The van der Waals surface area contributed by atoms with Crippen LogP contribution in [0.1, 0.15) is 38.7 Å². The van der Waals surface area contributed by atoms with Gasteiger partial charge < -0.3 is 5.32 Å². The Kier molecular flexibility index (Phi) is 5.16. The van der Waals surface area contributed by atoms with Gasteiger partial charge in [-0.05, 0) is 52.6 Å². The van der Waals surface area contributed by atoms with Crippen molar-refractivity contribution in [1.82, 2.24) is 5.32 Å². The van der Waals surface area contributed by atoms with Crippen molar-refractivity contribution in [2.24, 2.45) is 11.8 Å². The molecule has 1 aromatic rings. The molecular formula is C15H21BrN2O2. The normalized spacial score (nSPS) is 26.4. The Balaban J connectivity index is 2.00. The van der Waals surface area contributed by atoms with Crippen molar-refractivity contribution in [3.8, 4) is 0 Å². The Hall–Kier alpha value is -0.940. The second-order valence-corrected chi connectivity index (χ2v) is 6.80. The summed E-state index contributed by atoms with van der Waals surface area (Å²) in [5.74, 6) is 1.51. The molecule has 0 radical (unpaired) electrons. The smallest absolute Gasteiger partial charge is 0.283 e. The maximum Gasteiger partial charge on any atom is 0.283 e. The lowest BCUT2D eigenvalue weighted by molar-refractivity contribution is -0.385. The maximum absolute atomic E-state index is 10.9. The van der Waals surface area contributed by atoms with Gasteiger partial charge >= 0.3 is 0 Å². The quantitative estimate of drug-likeness (QED) is 0.657. The van der Waals surface area contributed by atoms with Crippen LogP contribution in [0.15, 0.2) is 22.7 Å². The minimum atomic E-state index is -0.349. The van der Waals surface area contributed by atoms with Crippen LogP contribution in [0.5, 0.6) is 0 Å². The second-order valence-electron chi connectivity index (χ2n) is 6.00. The van der Waals surface area contributed by atoms with Crippen molar-refractivity contribution in [3.05, 3.63) is 38.3 Å². The number of nitrogens with one attached hydrogen (secondary N) is 1. The molecule has 4 nitrogen and oxygen atoms in total. The molecule has 0 saturated heterocycles. The molecule has 1 N–H and O–H groups in total. The number of hydrogen-bond donors (Lipinski definition) is 1. The summed E-state index contributed by atoms with van der Waals surface area (Å²) >= 11 is 3.35. The fourth-order valence-electron chi connectivity index (χ4n) is 3.21. The molecule has 0 amide bonds. The first-order valence-electron chi connectivity index (χ1n) is 7.12. The summed E-state index contributed by atoms with van der Waals surface area (Å²) in [5.41, 5.74) is 1.08. The van der Waals surface area contributed by atoms with E-state index in [0.717, 1.165) is 17.4 Å². The van der Waals surface area contributed by atoms with Crippen molar-refractivity contribution in [1.29, 1.82) is 0 Å². The van der Waals surface area contributed by atoms with Crippen LogP contribution in [0.2, 0.25) is 0 Å². The number of halogens is 1. The second kappa shape index (κ2) is 6.68. The van der Waals surface area contributed by atoms with E-state index in [2.05, 4.69) is 35.1 Å². The molecule has 5 heteroatoms. The van der Waals surface area contributed by atoms with Gasteiger partial charge in [0, 0.05) is 18.7 Å². The zero-order valence-electron chi connectivity index (χ0n) is 11.9. The molecule has 0 aliphatic heterocycles.